The molecule has 0 saturated heterocycles. The van der Waals surface area contributed by atoms with Gasteiger partial charge in [-0.15, -0.1) is 0 Å². The molecule has 4 aromatic carbocycles. The van der Waals surface area contributed by atoms with E-state index in [9.17, 15) is 14.7 Å². The smallest absolute Gasteiger partial charge is 0.344 e. The van der Waals surface area contributed by atoms with Crippen LogP contribution in [0.1, 0.15) is 23.6 Å². The fourth-order valence-corrected chi connectivity index (χ4v) is 4.74. The molecule has 1 unspecified atom stereocenters. The number of aliphatic carboxylic acids is 1. The molecule has 0 amide bonds. The number of hydrogen-bond acceptors (Lipinski definition) is 4. The summed E-state index contributed by atoms with van der Waals surface area (Å²) in [5, 5.41) is 10.3. The molecule has 4 aromatic rings. The van der Waals surface area contributed by atoms with Gasteiger partial charge in [-0.3, -0.25) is 0 Å². The lowest BCUT2D eigenvalue weighted by molar-refractivity contribution is -0.160. The molecule has 0 radical (unpaired) electrons. The second-order valence-corrected chi connectivity index (χ2v) is 8.74. The molecular weight excluding hydrogens is 438 g/mol. The van der Waals surface area contributed by atoms with Gasteiger partial charge in [0.25, 0.3) is 0 Å². The van der Waals surface area contributed by atoms with Crippen LogP contribution < -0.4 is 4.90 Å². The third-order valence-electron chi connectivity index (χ3n) is 6.60. The zero-order valence-electron chi connectivity index (χ0n) is 19.3. The van der Waals surface area contributed by atoms with Crippen LogP contribution in [0.5, 0.6) is 0 Å². The Bertz CT molecular complexity index is 1340. The van der Waals surface area contributed by atoms with Gasteiger partial charge in [0.15, 0.2) is 0 Å². The molecule has 5 heteroatoms. The van der Waals surface area contributed by atoms with Gasteiger partial charge < -0.3 is 14.7 Å². The van der Waals surface area contributed by atoms with E-state index in [0.29, 0.717) is 11.4 Å². The fraction of sp³-hybridized carbons (Fsp3) is 0.133. The maximum atomic E-state index is 13.5. The van der Waals surface area contributed by atoms with Crippen LogP contribution in [0, 0.1) is 0 Å². The van der Waals surface area contributed by atoms with Crippen LogP contribution in [-0.2, 0) is 27.4 Å². The van der Waals surface area contributed by atoms with E-state index in [2.05, 4.69) is 18.2 Å². The topological polar surface area (TPSA) is 66.8 Å². The minimum absolute atomic E-state index is 0.00369. The van der Waals surface area contributed by atoms with Crippen LogP contribution in [0.15, 0.2) is 103 Å². The second-order valence-electron chi connectivity index (χ2n) is 8.74. The molecule has 1 aliphatic rings. The van der Waals surface area contributed by atoms with Gasteiger partial charge in [0.1, 0.15) is 6.61 Å². The molecule has 5 rings (SSSR count). The van der Waals surface area contributed by atoms with Gasteiger partial charge in [0.2, 0.25) is 5.54 Å². The lowest BCUT2D eigenvalue weighted by atomic mass is 9.97. The molecule has 0 spiro atoms. The number of ether oxygens (including phenoxy) is 1. The van der Waals surface area contributed by atoms with Crippen molar-refractivity contribution in [2.45, 2.75) is 25.5 Å². The van der Waals surface area contributed by atoms with Gasteiger partial charge in [-0.25, -0.2) is 9.59 Å². The zero-order valence-corrected chi connectivity index (χ0v) is 19.3. The molecule has 1 N–H and O–H groups in total. The van der Waals surface area contributed by atoms with E-state index in [1.165, 1.54) is 23.0 Å². The number of esters is 1. The highest BCUT2D eigenvalue weighted by Gasteiger charge is 2.50. The van der Waals surface area contributed by atoms with E-state index in [1.807, 2.05) is 60.7 Å². The number of hydrogen-bond donors (Lipinski definition) is 1. The quantitative estimate of drug-likeness (QED) is 0.237. The molecular formula is C30H25NO4. The van der Waals surface area contributed by atoms with Gasteiger partial charge in [0, 0.05) is 11.4 Å². The first kappa shape index (κ1) is 22.4. The number of carbonyl (C=O) groups is 2. The van der Waals surface area contributed by atoms with Crippen molar-refractivity contribution in [2.24, 2.45) is 0 Å². The summed E-state index contributed by atoms with van der Waals surface area (Å²) in [6.45, 7) is 1.39. The summed E-state index contributed by atoms with van der Waals surface area (Å²) in [7, 11) is 0. The maximum Gasteiger partial charge on any atom is 0.344 e. The number of carbonyl (C=O) groups excluding carboxylic acids is 1. The van der Waals surface area contributed by atoms with Crippen molar-refractivity contribution in [3.05, 3.63) is 120 Å². The first-order valence-electron chi connectivity index (χ1n) is 11.5. The third kappa shape index (κ3) is 3.95. The zero-order chi connectivity index (χ0) is 24.4. The van der Waals surface area contributed by atoms with E-state index < -0.39 is 17.5 Å². The predicted octanol–water partition coefficient (Wildman–Crippen LogP) is 5.98. The van der Waals surface area contributed by atoms with Crippen LogP contribution in [0.2, 0.25) is 0 Å². The van der Waals surface area contributed by atoms with Crippen molar-refractivity contribution in [1.29, 1.82) is 0 Å². The van der Waals surface area contributed by atoms with Crippen molar-refractivity contribution in [1.82, 2.24) is 0 Å². The Hall–Kier alpha value is -4.38. The predicted molar refractivity (Wildman–Crippen MR) is 136 cm³/mol. The number of nitrogens with zero attached hydrogens (tertiary/aromatic N) is 1. The SMILES string of the molecule is CC(C(=O)O)(C(=O)OCc1cccc2c1Cc1ccccc1-2)N(c1ccccc1)c1ccccc1. The number of anilines is 2. The van der Waals surface area contributed by atoms with E-state index >= 15 is 0 Å². The molecule has 1 aliphatic carbocycles. The first-order chi connectivity index (χ1) is 17.0. The van der Waals surface area contributed by atoms with E-state index in [0.717, 1.165) is 23.1 Å². The van der Waals surface area contributed by atoms with Crippen molar-refractivity contribution in [2.75, 3.05) is 4.90 Å². The normalized spacial score (nSPS) is 13.3. The maximum absolute atomic E-state index is 13.5. The van der Waals surface area contributed by atoms with Crippen molar-refractivity contribution < 1.29 is 19.4 Å². The lowest BCUT2D eigenvalue weighted by Crippen LogP contribution is -2.57. The summed E-state index contributed by atoms with van der Waals surface area (Å²) in [4.78, 5) is 27.7. The number of benzene rings is 4. The van der Waals surface area contributed by atoms with Crippen molar-refractivity contribution in [3.8, 4) is 11.1 Å². The van der Waals surface area contributed by atoms with Crippen LogP contribution in [0.4, 0.5) is 11.4 Å². The summed E-state index contributed by atoms with van der Waals surface area (Å²) in [5.41, 5.74) is 4.72. The number of para-hydroxylation sites is 2. The van der Waals surface area contributed by atoms with Gasteiger partial charge in [-0.05, 0) is 65.4 Å². The Balaban J connectivity index is 1.47. The molecule has 174 valence electrons. The Morgan fingerprint density at radius 3 is 2.00 bits per heavy atom. The van der Waals surface area contributed by atoms with Gasteiger partial charge in [0.05, 0.1) is 0 Å². The summed E-state index contributed by atoms with van der Waals surface area (Å²) in [6.07, 6.45) is 0.760. The van der Waals surface area contributed by atoms with E-state index in [-0.39, 0.29) is 6.61 Å². The van der Waals surface area contributed by atoms with Crippen LogP contribution in [-0.4, -0.2) is 22.6 Å². The highest BCUT2D eigenvalue weighted by molar-refractivity contribution is 6.09. The van der Waals surface area contributed by atoms with Crippen LogP contribution in [0.3, 0.4) is 0 Å². The first-order valence-corrected chi connectivity index (χ1v) is 11.5. The van der Waals surface area contributed by atoms with E-state index in [1.54, 1.807) is 24.3 Å². The summed E-state index contributed by atoms with van der Waals surface area (Å²) >= 11 is 0. The molecule has 0 bridgehead atoms. The van der Waals surface area contributed by atoms with Gasteiger partial charge in [-0.1, -0.05) is 78.9 Å². The van der Waals surface area contributed by atoms with Gasteiger partial charge in [-0.2, -0.15) is 0 Å². The molecule has 0 saturated carbocycles. The van der Waals surface area contributed by atoms with Crippen LogP contribution >= 0.6 is 0 Å². The standard InChI is InChI=1S/C30H25NO4/c1-30(28(32)33,31(23-13-4-2-5-14-23)24-15-6-3-7-16-24)29(34)35-20-22-12-10-18-26-25-17-9-8-11-21(25)19-27(22)26/h2-18H,19-20H2,1H3,(H,32,33). The second kappa shape index (κ2) is 9.11. The van der Waals surface area contributed by atoms with Crippen molar-refractivity contribution >= 4 is 23.3 Å². The van der Waals surface area contributed by atoms with Crippen LogP contribution in [0.25, 0.3) is 11.1 Å². The van der Waals surface area contributed by atoms with E-state index in [4.69, 9.17) is 4.74 Å². The molecule has 0 aliphatic heterocycles. The summed E-state index contributed by atoms with van der Waals surface area (Å²) in [6, 6.07) is 32.2. The minimum atomic E-state index is -1.98. The third-order valence-corrected chi connectivity index (χ3v) is 6.60. The molecule has 0 fully saturated rings. The fourth-order valence-electron chi connectivity index (χ4n) is 4.74. The Morgan fingerprint density at radius 2 is 1.37 bits per heavy atom. The molecule has 5 nitrogen and oxygen atoms in total. The molecule has 35 heavy (non-hydrogen) atoms. The average Bonchev–Trinajstić information content (AvgIpc) is 3.28. The molecule has 0 heterocycles. The Morgan fingerprint density at radius 1 is 0.800 bits per heavy atom. The molecule has 0 aromatic heterocycles. The highest BCUT2D eigenvalue weighted by atomic mass is 16.5. The lowest BCUT2D eigenvalue weighted by Gasteiger charge is -2.37. The number of rotatable bonds is 7. The van der Waals surface area contributed by atoms with Gasteiger partial charge >= 0.3 is 11.9 Å². The summed E-state index contributed by atoms with van der Waals surface area (Å²) in [5.74, 6) is -2.12. The Kier molecular flexibility index (Phi) is 5.83. The molecule has 1 atom stereocenters. The summed E-state index contributed by atoms with van der Waals surface area (Å²) < 4.78 is 5.74. The largest absolute Gasteiger partial charge is 0.479 e. The minimum Gasteiger partial charge on any atom is -0.479 e. The highest BCUT2D eigenvalue weighted by Crippen LogP contribution is 2.39. The number of carboxylic acid groups (broad SMARTS) is 1. The monoisotopic (exact) mass is 463 g/mol. The Labute approximate surface area is 204 Å². The van der Waals surface area contributed by atoms with Crippen molar-refractivity contribution in [3.63, 3.8) is 0 Å². The number of carboxylic acids is 1. The average molecular weight is 464 g/mol. The number of fused-ring (bicyclic) bond motifs is 3.